The number of benzene rings is 1. The summed E-state index contributed by atoms with van der Waals surface area (Å²) < 4.78 is 0.596. The van der Waals surface area contributed by atoms with E-state index in [9.17, 15) is 9.59 Å². The second-order valence-electron chi connectivity index (χ2n) is 4.53. The fraction of sp³-hybridized carbons (Fsp3) is 0.133. The summed E-state index contributed by atoms with van der Waals surface area (Å²) in [6, 6.07) is 10.3. The third kappa shape index (κ3) is 3.46. The highest BCUT2D eigenvalue weighted by molar-refractivity contribution is 9.10. The van der Waals surface area contributed by atoms with E-state index in [0.29, 0.717) is 15.7 Å². The molecule has 0 spiro atoms. The van der Waals surface area contributed by atoms with Crippen LogP contribution in [0.5, 0.6) is 0 Å². The lowest BCUT2D eigenvalue weighted by molar-refractivity contribution is 0.0828. The first-order chi connectivity index (χ1) is 10.0. The Morgan fingerprint density at radius 3 is 2.52 bits per heavy atom. The molecule has 2 aromatic rings. The van der Waals surface area contributed by atoms with Gasteiger partial charge in [0.2, 0.25) is 0 Å². The molecule has 0 aliphatic heterocycles. The summed E-state index contributed by atoms with van der Waals surface area (Å²) in [6.07, 6.45) is 1.54. The predicted octanol–water partition coefficient (Wildman–Crippen LogP) is 2.80. The molecule has 5 nitrogen and oxygen atoms in total. The summed E-state index contributed by atoms with van der Waals surface area (Å²) in [5.41, 5.74) is 1.16. The molecule has 1 N–H and O–H groups in total. The average Bonchev–Trinajstić information content (AvgIpc) is 2.47. The quantitative estimate of drug-likeness (QED) is 0.928. The zero-order chi connectivity index (χ0) is 15.4. The fourth-order valence-corrected chi connectivity index (χ4v) is 2.19. The van der Waals surface area contributed by atoms with Crippen molar-refractivity contribution in [3.63, 3.8) is 0 Å². The van der Waals surface area contributed by atoms with Crippen LogP contribution in [-0.2, 0) is 0 Å². The molecule has 0 atom stereocenters. The lowest BCUT2D eigenvalue weighted by atomic mass is 10.1. The van der Waals surface area contributed by atoms with E-state index in [4.69, 9.17) is 0 Å². The van der Waals surface area contributed by atoms with Gasteiger partial charge in [-0.25, -0.2) is 4.98 Å². The van der Waals surface area contributed by atoms with Crippen molar-refractivity contribution in [2.24, 2.45) is 0 Å². The molecule has 0 fully saturated rings. The van der Waals surface area contributed by atoms with E-state index in [0.717, 1.165) is 0 Å². The van der Waals surface area contributed by atoms with Crippen molar-refractivity contribution in [3.05, 3.63) is 58.3 Å². The van der Waals surface area contributed by atoms with Gasteiger partial charge in [0.1, 0.15) is 5.69 Å². The number of carbonyl (C=O) groups is 2. The number of pyridine rings is 1. The minimum absolute atomic E-state index is 0.175. The molecule has 1 heterocycles. The van der Waals surface area contributed by atoms with Crippen molar-refractivity contribution in [1.82, 2.24) is 9.88 Å². The number of amides is 2. The van der Waals surface area contributed by atoms with Crippen LogP contribution in [0.15, 0.2) is 47.1 Å². The molecular formula is C15H14BrN3O2. The van der Waals surface area contributed by atoms with Gasteiger partial charge in [0.25, 0.3) is 11.8 Å². The predicted molar refractivity (Wildman–Crippen MR) is 84.3 cm³/mol. The molecule has 6 heteroatoms. The van der Waals surface area contributed by atoms with E-state index in [1.165, 1.54) is 11.1 Å². The Hall–Kier alpha value is -2.21. The van der Waals surface area contributed by atoms with Gasteiger partial charge in [-0.15, -0.1) is 0 Å². The molecule has 108 valence electrons. The average molecular weight is 348 g/mol. The van der Waals surface area contributed by atoms with Crippen LogP contribution < -0.4 is 5.32 Å². The zero-order valence-corrected chi connectivity index (χ0v) is 13.2. The molecule has 2 amide bonds. The SMILES string of the molecule is CN(C)C(=O)c1ccccc1NC(=O)c1ncccc1Br. The molecular weight excluding hydrogens is 334 g/mol. The van der Waals surface area contributed by atoms with Crippen LogP contribution in [0.4, 0.5) is 5.69 Å². The van der Waals surface area contributed by atoms with Gasteiger partial charge in [-0.2, -0.15) is 0 Å². The third-order valence-electron chi connectivity index (χ3n) is 2.79. The van der Waals surface area contributed by atoms with Crippen molar-refractivity contribution in [1.29, 1.82) is 0 Å². The van der Waals surface area contributed by atoms with E-state index in [-0.39, 0.29) is 17.5 Å². The Bertz CT molecular complexity index is 686. The minimum atomic E-state index is -0.374. The molecule has 0 bridgehead atoms. The lowest BCUT2D eigenvalue weighted by Gasteiger charge is -2.14. The van der Waals surface area contributed by atoms with Crippen LogP contribution in [0.25, 0.3) is 0 Å². The maximum atomic E-state index is 12.3. The minimum Gasteiger partial charge on any atom is -0.345 e. The van der Waals surface area contributed by atoms with Crippen molar-refractivity contribution in [2.45, 2.75) is 0 Å². The first kappa shape index (κ1) is 15.2. The maximum Gasteiger partial charge on any atom is 0.275 e. The summed E-state index contributed by atoms with van der Waals surface area (Å²) in [6.45, 7) is 0. The zero-order valence-electron chi connectivity index (χ0n) is 11.6. The van der Waals surface area contributed by atoms with E-state index in [1.807, 2.05) is 0 Å². The van der Waals surface area contributed by atoms with Crippen molar-refractivity contribution >= 4 is 33.4 Å². The number of anilines is 1. The Balaban J connectivity index is 2.30. The molecule has 1 aromatic heterocycles. The Labute approximate surface area is 131 Å². The van der Waals surface area contributed by atoms with Gasteiger partial charge in [0, 0.05) is 24.8 Å². The third-order valence-corrected chi connectivity index (χ3v) is 3.43. The van der Waals surface area contributed by atoms with Crippen molar-refractivity contribution in [2.75, 3.05) is 19.4 Å². The molecule has 0 saturated carbocycles. The lowest BCUT2D eigenvalue weighted by Crippen LogP contribution is -2.24. The summed E-state index contributed by atoms with van der Waals surface area (Å²) in [7, 11) is 3.33. The molecule has 0 unspecified atom stereocenters. The second-order valence-corrected chi connectivity index (χ2v) is 5.39. The van der Waals surface area contributed by atoms with E-state index in [2.05, 4.69) is 26.2 Å². The smallest absolute Gasteiger partial charge is 0.275 e. The number of hydrogen-bond donors (Lipinski definition) is 1. The summed E-state index contributed by atoms with van der Waals surface area (Å²) in [5.74, 6) is -0.549. The Morgan fingerprint density at radius 1 is 1.14 bits per heavy atom. The van der Waals surface area contributed by atoms with Crippen LogP contribution in [0.3, 0.4) is 0 Å². The summed E-state index contributed by atoms with van der Waals surface area (Å²) in [5, 5.41) is 2.72. The maximum absolute atomic E-state index is 12.3. The van der Waals surface area contributed by atoms with Crippen molar-refractivity contribution in [3.8, 4) is 0 Å². The topological polar surface area (TPSA) is 62.3 Å². The van der Waals surface area contributed by atoms with Crippen LogP contribution in [0.1, 0.15) is 20.8 Å². The molecule has 21 heavy (non-hydrogen) atoms. The number of halogens is 1. The number of nitrogens with zero attached hydrogens (tertiary/aromatic N) is 2. The number of aromatic nitrogens is 1. The Morgan fingerprint density at radius 2 is 1.86 bits per heavy atom. The summed E-state index contributed by atoms with van der Waals surface area (Å²) in [4.78, 5) is 29.8. The summed E-state index contributed by atoms with van der Waals surface area (Å²) >= 11 is 3.28. The molecule has 0 aliphatic rings. The molecule has 0 aliphatic carbocycles. The number of rotatable bonds is 3. The number of carbonyl (C=O) groups excluding carboxylic acids is 2. The highest BCUT2D eigenvalue weighted by atomic mass is 79.9. The number of para-hydroxylation sites is 1. The molecule has 2 rings (SSSR count). The molecule has 0 saturated heterocycles. The number of nitrogens with one attached hydrogen (secondary N) is 1. The van der Waals surface area contributed by atoms with Gasteiger partial charge >= 0.3 is 0 Å². The van der Waals surface area contributed by atoms with Gasteiger partial charge in [-0.3, -0.25) is 9.59 Å². The van der Waals surface area contributed by atoms with E-state index >= 15 is 0 Å². The Kier molecular flexibility index (Phi) is 4.70. The van der Waals surface area contributed by atoms with Gasteiger partial charge in [0.05, 0.1) is 11.3 Å². The number of hydrogen-bond acceptors (Lipinski definition) is 3. The monoisotopic (exact) mass is 347 g/mol. The standard InChI is InChI=1S/C15H14BrN3O2/c1-19(2)15(21)10-6-3-4-8-12(10)18-14(20)13-11(16)7-5-9-17-13/h3-9H,1-2H3,(H,18,20). The second kappa shape index (κ2) is 6.49. The first-order valence-electron chi connectivity index (χ1n) is 6.23. The fourth-order valence-electron chi connectivity index (χ4n) is 1.75. The normalized spacial score (nSPS) is 10.0. The van der Waals surface area contributed by atoms with Gasteiger partial charge in [-0.1, -0.05) is 12.1 Å². The molecule has 0 radical (unpaired) electrons. The van der Waals surface area contributed by atoms with Crippen LogP contribution in [0, 0.1) is 0 Å². The van der Waals surface area contributed by atoms with Crippen LogP contribution in [-0.4, -0.2) is 35.8 Å². The first-order valence-corrected chi connectivity index (χ1v) is 7.02. The van der Waals surface area contributed by atoms with Gasteiger partial charge in [-0.05, 0) is 40.2 Å². The molecule has 1 aromatic carbocycles. The van der Waals surface area contributed by atoms with E-state index < -0.39 is 0 Å². The van der Waals surface area contributed by atoms with Crippen LogP contribution in [0.2, 0.25) is 0 Å². The van der Waals surface area contributed by atoms with Crippen molar-refractivity contribution < 1.29 is 9.59 Å². The van der Waals surface area contributed by atoms with Gasteiger partial charge < -0.3 is 10.2 Å². The highest BCUT2D eigenvalue weighted by Gasteiger charge is 2.17. The van der Waals surface area contributed by atoms with Gasteiger partial charge in [0.15, 0.2) is 0 Å². The van der Waals surface area contributed by atoms with Crippen LogP contribution >= 0.6 is 15.9 Å². The largest absolute Gasteiger partial charge is 0.345 e. The highest BCUT2D eigenvalue weighted by Crippen LogP contribution is 2.19. The van der Waals surface area contributed by atoms with E-state index in [1.54, 1.807) is 50.5 Å².